The molecule has 2 fully saturated rings. The Labute approximate surface area is 154 Å². The van der Waals surface area contributed by atoms with Crippen molar-refractivity contribution in [2.24, 2.45) is 35.5 Å². The molecule has 24 heavy (non-hydrogen) atoms. The minimum absolute atomic E-state index is 0.147. The van der Waals surface area contributed by atoms with Crippen molar-refractivity contribution in [1.82, 2.24) is 0 Å². The van der Waals surface area contributed by atoms with Crippen molar-refractivity contribution in [2.75, 3.05) is 0 Å². The number of hydrogen-bond donors (Lipinski definition) is 0. The molecule has 0 nitrogen and oxygen atoms in total. The van der Waals surface area contributed by atoms with E-state index in [0.29, 0.717) is 0 Å². The van der Waals surface area contributed by atoms with Crippen molar-refractivity contribution in [1.29, 1.82) is 0 Å². The summed E-state index contributed by atoms with van der Waals surface area (Å²) < 4.78 is 0. The van der Waals surface area contributed by atoms with Gasteiger partial charge in [-0.15, -0.1) is 0 Å². The van der Waals surface area contributed by atoms with E-state index in [0.717, 1.165) is 52.5 Å². The highest BCUT2D eigenvalue weighted by molar-refractivity contribution is 7.59. The van der Waals surface area contributed by atoms with Crippen LogP contribution in [0.25, 0.3) is 0 Å². The van der Waals surface area contributed by atoms with Crippen molar-refractivity contribution < 1.29 is 0 Å². The Kier molecular flexibility index (Phi) is 7.67. The molecule has 0 bridgehead atoms. The fraction of sp³-hybridized carbons (Fsp3) is 1.00. The quantitative estimate of drug-likeness (QED) is 0.443. The summed E-state index contributed by atoms with van der Waals surface area (Å²) in [6, 6.07) is 0. The Hall–Kier alpha value is 0.430. The van der Waals surface area contributed by atoms with Crippen LogP contribution in [0.3, 0.4) is 0 Å². The van der Waals surface area contributed by atoms with Gasteiger partial charge in [0.05, 0.1) is 0 Å². The normalized spacial score (nSPS) is 38.5. The predicted molar refractivity (Wildman–Crippen MR) is 112 cm³/mol. The average molecular weight is 353 g/mol. The Bertz CT molecular complexity index is 340. The third-order valence-electron chi connectivity index (χ3n) is 7.34. The average Bonchev–Trinajstić information content (AvgIpc) is 2.46. The van der Waals surface area contributed by atoms with Crippen molar-refractivity contribution in [2.45, 2.75) is 111 Å². The summed E-state index contributed by atoms with van der Waals surface area (Å²) in [4.78, 5) is 0. The maximum atomic E-state index is 2.57. The lowest BCUT2D eigenvalue weighted by molar-refractivity contribution is 0.222. The van der Waals surface area contributed by atoms with Crippen LogP contribution in [-0.2, 0) is 0 Å². The fourth-order valence-electron chi connectivity index (χ4n) is 6.00. The molecule has 2 aliphatic carbocycles. The van der Waals surface area contributed by atoms with Crippen LogP contribution in [0.4, 0.5) is 0 Å². The topological polar surface area (TPSA) is 0 Å². The SMILES string of the molecule is CC(C)[C@@H]1CC[C@@H](C)C[C@H]1P(C(C)C)[C@@H]1C[C@H](C)CC[C@H]1C(C)C. The zero-order valence-electron chi connectivity index (χ0n) is 17.9. The van der Waals surface area contributed by atoms with E-state index in [1.54, 1.807) is 0 Å². The van der Waals surface area contributed by atoms with E-state index >= 15 is 0 Å². The Morgan fingerprint density at radius 1 is 0.625 bits per heavy atom. The molecule has 2 rings (SSSR count). The Morgan fingerprint density at radius 3 is 1.29 bits per heavy atom. The van der Waals surface area contributed by atoms with Gasteiger partial charge in [0.15, 0.2) is 0 Å². The minimum atomic E-state index is 0.147. The van der Waals surface area contributed by atoms with E-state index < -0.39 is 0 Å². The van der Waals surface area contributed by atoms with Crippen LogP contribution < -0.4 is 0 Å². The monoisotopic (exact) mass is 352 g/mol. The molecule has 2 aliphatic rings. The third-order valence-corrected chi connectivity index (χ3v) is 11.2. The molecule has 142 valence electrons. The molecule has 0 spiro atoms. The predicted octanol–water partition coefficient (Wildman–Crippen LogP) is 7.80. The highest BCUT2D eigenvalue weighted by Gasteiger charge is 2.44. The van der Waals surface area contributed by atoms with Gasteiger partial charge in [0.25, 0.3) is 0 Å². The van der Waals surface area contributed by atoms with Gasteiger partial charge in [-0.1, -0.05) is 76.2 Å². The molecule has 0 radical (unpaired) electrons. The molecule has 6 atom stereocenters. The van der Waals surface area contributed by atoms with Crippen LogP contribution in [-0.4, -0.2) is 17.0 Å². The second kappa shape index (κ2) is 8.88. The van der Waals surface area contributed by atoms with Crippen LogP contribution in [0.2, 0.25) is 0 Å². The second-order valence-corrected chi connectivity index (χ2v) is 13.6. The van der Waals surface area contributed by atoms with Crippen LogP contribution in [0, 0.1) is 35.5 Å². The number of hydrogen-bond acceptors (Lipinski definition) is 0. The second-order valence-electron chi connectivity index (χ2n) is 10.3. The van der Waals surface area contributed by atoms with E-state index in [9.17, 15) is 0 Å². The molecule has 0 N–H and O–H groups in total. The molecular formula is C23H45P. The first-order valence-corrected chi connectivity index (χ1v) is 12.5. The van der Waals surface area contributed by atoms with Gasteiger partial charge in [-0.25, -0.2) is 0 Å². The lowest BCUT2D eigenvalue weighted by Crippen LogP contribution is -2.40. The van der Waals surface area contributed by atoms with Gasteiger partial charge in [-0.05, 0) is 78.2 Å². The molecule has 0 aromatic rings. The zero-order chi connectivity index (χ0) is 18.0. The summed E-state index contributed by atoms with van der Waals surface area (Å²) in [5.74, 6) is 5.69. The first kappa shape index (κ1) is 20.7. The molecule has 0 saturated heterocycles. The van der Waals surface area contributed by atoms with Crippen molar-refractivity contribution in [3.63, 3.8) is 0 Å². The maximum Gasteiger partial charge on any atom is -0.0171 e. The summed E-state index contributed by atoms with van der Waals surface area (Å²) in [7, 11) is 0.147. The van der Waals surface area contributed by atoms with Crippen LogP contribution in [0.15, 0.2) is 0 Å². The van der Waals surface area contributed by atoms with Gasteiger partial charge in [-0.3, -0.25) is 0 Å². The molecule has 1 heteroatoms. The standard InChI is InChI=1S/C23H45P/c1-15(2)20-11-9-18(7)13-22(20)24(17(5)6)23-14-19(8)10-12-21(23)16(3)4/h15-23H,9-14H2,1-8H3/t18-,19-,20+,21+,22-,23-/m1/s1. The first-order chi connectivity index (χ1) is 11.2. The van der Waals surface area contributed by atoms with Gasteiger partial charge in [0.2, 0.25) is 0 Å². The lowest BCUT2D eigenvalue weighted by atomic mass is 9.76. The van der Waals surface area contributed by atoms with Crippen LogP contribution >= 0.6 is 7.92 Å². The van der Waals surface area contributed by atoms with Crippen molar-refractivity contribution in [3.05, 3.63) is 0 Å². The molecular weight excluding hydrogens is 307 g/mol. The highest BCUT2D eigenvalue weighted by Crippen LogP contribution is 2.63. The van der Waals surface area contributed by atoms with Gasteiger partial charge in [0, 0.05) is 0 Å². The maximum absolute atomic E-state index is 2.57. The van der Waals surface area contributed by atoms with E-state index in [2.05, 4.69) is 55.4 Å². The summed E-state index contributed by atoms with van der Waals surface area (Å²) >= 11 is 0. The summed E-state index contributed by atoms with van der Waals surface area (Å²) in [6.07, 6.45) is 9.03. The summed E-state index contributed by atoms with van der Waals surface area (Å²) in [5.41, 5.74) is 2.99. The van der Waals surface area contributed by atoms with Crippen LogP contribution in [0.1, 0.15) is 93.9 Å². The fourth-order valence-corrected chi connectivity index (χ4v) is 11.1. The zero-order valence-corrected chi connectivity index (χ0v) is 18.8. The third kappa shape index (κ3) is 4.78. The van der Waals surface area contributed by atoms with Gasteiger partial charge < -0.3 is 0 Å². The number of rotatable bonds is 5. The Morgan fingerprint density at radius 2 is 1.00 bits per heavy atom. The van der Waals surface area contributed by atoms with Crippen molar-refractivity contribution in [3.8, 4) is 0 Å². The van der Waals surface area contributed by atoms with E-state index in [1.165, 1.54) is 38.5 Å². The molecule has 0 aliphatic heterocycles. The molecule has 0 aromatic carbocycles. The smallest absolute Gasteiger partial charge is 0.0171 e. The van der Waals surface area contributed by atoms with Gasteiger partial charge >= 0.3 is 0 Å². The highest BCUT2D eigenvalue weighted by atomic mass is 31.1. The van der Waals surface area contributed by atoms with Crippen molar-refractivity contribution >= 4 is 7.92 Å². The molecule has 0 heterocycles. The first-order valence-electron chi connectivity index (χ1n) is 11.0. The van der Waals surface area contributed by atoms with Crippen LogP contribution in [0.5, 0.6) is 0 Å². The Balaban J connectivity index is 2.30. The summed E-state index contributed by atoms with van der Waals surface area (Å²) in [5, 5.41) is 0. The molecule has 2 saturated carbocycles. The van der Waals surface area contributed by atoms with E-state index in [-0.39, 0.29) is 7.92 Å². The largest absolute Gasteiger partial charge is 0.0971 e. The lowest BCUT2D eigenvalue weighted by Gasteiger charge is -2.51. The van der Waals surface area contributed by atoms with E-state index in [1.807, 2.05) is 0 Å². The molecule has 0 amide bonds. The van der Waals surface area contributed by atoms with Gasteiger partial charge in [0.1, 0.15) is 0 Å². The molecule has 0 unspecified atom stereocenters. The molecule has 0 aromatic heterocycles. The van der Waals surface area contributed by atoms with E-state index in [4.69, 9.17) is 0 Å². The minimum Gasteiger partial charge on any atom is -0.0971 e. The van der Waals surface area contributed by atoms with Gasteiger partial charge in [-0.2, -0.15) is 0 Å². The summed E-state index contributed by atoms with van der Waals surface area (Å²) in [6.45, 7) is 20.2.